The van der Waals surface area contributed by atoms with E-state index in [1.807, 2.05) is 26.0 Å². The fourth-order valence-corrected chi connectivity index (χ4v) is 2.19. The number of rotatable bonds is 3. The molecule has 6 nitrogen and oxygen atoms in total. The van der Waals surface area contributed by atoms with Gasteiger partial charge >= 0.3 is 6.03 Å². The van der Waals surface area contributed by atoms with Crippen molar-refractivity contribution < 1.29 is 9.59 Å². The molecule has 1 aliphatic heterocycles. The Morgan fingerprint density at radius 1 is 1.60 bits per heavy atom. The summed E-state index contributed by atoms with van der Waals surface area (Å²) >= 11 is 0. The Balaban J connectivity index is 2.02. The number of urea groups is 1. The highest BCUT2D eigenvalue weighted by Gasteiger charge is 2.23. The summed E-state index contributed by atoms with van der Waals surface area (Å²) < 4.78 is 0. The van der Waals surface area contributed by atoms with E-state index in [-0.39, 0.29) is 24.5 Å². The molecule has 2 N–H and O–H groups in total. The van der Waals surface area contributed by atoms with Gasteiger partial charge in [0.25, 0.3) is 0 Å². The van der Waals surface area contributed by atoms with Crippen molar-refractivity contribution in [3.63, 3.8) is 0 Å². The van der Waals surface area contributed by atoms with Gasteiger partial charge in [-0.25, -0.2) is 4.79 Å². The summed E-state index contributed by atoms with van der Waals surface area (Å²) in [5.41, 5.74) is 1.96. The molecular formula is C14H20N4O2. The third-order valence-corrected chi connectivity index (χ3v) is 3.33. The first-order valence-electron chi connectivity index (χ1n) is 6.85. The lowest BCUT2D eigenvalue weighted by molar-refractivity contribution is -0.123. The minimum Gasteiger partial charge on any atom is -0.353 e. The van der Waals surface area contributed by atoms with Gasteiger partial charge in [0.1, 0.15) is 6.54 Å². The van der Waals surface area contributed by atoms with Gasteiger partial charge in [-0.15, -0.1) is 0 Å². The summed E-state index contributed by atoms with van der Waals surface area (Å²) in [4.78, 5) is 29.3. The fourth-order valence-electron chi connectivity index (χ4n) is 2.19. The molecule has 0 spiro atoms. The van der Waals surface area contributed by atoms with Crippen molar-refractivity contribution in [1.82, 2.24) is 20.5 Å². The lowest BCUT2D eigenvalue weighted by Gasteiger charge is -2.28. The zero-order chi connectivity index (χ0) is 14.5. The second kappa shape index (κ2) is 6.36. The van der Waals surface area contributed by atoms with E-state index in [2.05, 4.69) is 15.6 Å². The summed E-state index contributed by atoms with van der Waals surface area (Å²) in [6.07, 6.45) is 2.50. The zero-order valence-corrected chi connectivity index (χ0v) is 11.8. The van der Waals surface area contributed by atoms with Crippen molar-refractivity contribution in [2.24, 2.45) is 0 Å². The summed E-state index contributed by atoms with van der Waals surface area (Å²) in [6.45, 7) is 5.15. The molecule has 6 heteroatoms. The van der Waals surface area contributed by atoms with Gasteiger partial charge < -0.3 is 15.5 Å². The molecule has 108 valence electrons. The third kappa shape index (κ3) is 3.46. The Morgan fingerprint density at radius 3 is 3.05 bits per heavy atom. The highest BCUT2D eigenvalue weighted by atomic mass is 16.2. The van der Waals surface area contributed by atoms with Crippen LogP contribution < -0.4 is 10.6 Å². The number of hydrogen-bond donors (Lipinski definition) is 2. The molecule has 0 radical (unpaired) electrons. The molecule has 0 aromatic carbocycles. The van der Waals surface area contributed by atoms with Gasteiger partial charge in [-0.1, -0.05) is 6.92 Å². The Labute approximate surface area is 118 Å². The van der Waals surface area contributed by atoms with Crippen LogP contribution in [0.1, 0.15) is 30.6 Å². The molecule has 1 saturated heterocycles. The summed E-state index contributed by atoms with van der Waals surface area (Å²) in [5.74, 6) is -0.117. The van der Waals surface area contributed by atoms with E-state index in [4.69, 9.17) is 0 Å². The first-order valence-corrected chi connectivity index (χ1v) is 6.85. The topological polar surface area (TPSA) is 74.3 Å². The van der Waals surface area contributed by atoms with Crippen LogP contribution in [0.5, 0.6) is 0 Å². The Hall–Kier alpha value is -2.11. The van der Waals surface area contributed by atoms with Crippen LogP contribution in [0.15, 0.2) is 18.3 Å². The van der Waals surface area contributed by atoms with Gasteiger partial charge in [0.2, 0.25) is 5.91 Å². The van der Waals surface area contributed by atoms with E-state index in [9.17, 15) is 9.59 Å². The highest BCUT2D eigenvalue weighted by Crippen LogP contribution is 2.15. The SMILES string of the molecule is CC[C@@H](NC(=O)N1CCNC(=O)C1)c1cc(C)ccn1. The van der Waals surface area contributed by atoms with E-state index in [0.29, 0.717) is 13.1 Å². The second-order valence-electron chi connectivity index (χ2n) is 4.94. The molecule has 1 fully saturated rings. The number of aryl methyl sites for hydroxylation is 1. The van der Waals surface area contributed by atoms with E-state index >= 15 is 0 Å². The van der Waals surface area contributed by atoms with Crippen LogP contribution in [0.4, 0.5) is 4.79 Å². The maximum Gasteiger partial charge on any atom is 0.318 e. The summed E-state index contributed by atoms with van der Waals surface area (Å²) in [7, 11) is 0. The average Bonchev–Trinajstić information content (AvgIpc) is 2.44. The van der Waals surface area contributed by atoms with Crippen LogP contribution in [0.2, 0.25) is 0 Å². The van der Waals surface area contributed by atoms with E-state index in [0.717, 1.165) is 17.7 Å². The molecule has 20 heavy (non-hydrogen) atoms. The van der Waals surface area contributed by atoms with E-state index in [1.165, 1.54) is 4.90 Å². The van der Waals surface area contributed by atoms with Crippen molar-refractivity contribution >= 4 is 11.9 Å². The molecule has 1 atom stereocenters. The minimum atomic E-state index is -0.213. The van der Waals surface area contributed by atoms with Gasteiger partial charge in [0, 0.05) is 19.3 Å². The molecule has 1 aliphatic rings. The Kier molecular flexibility index (Phi) is 4.55. The van der Waals surface area contributed by atoms with Gasteiger partial charge in [-0.3, -0.25) is 9.78 Å². The first kappa shape index (κ1) is 14.3. The standard InChI is InChI=1S/C14H20N4O2/c1-3-11(12-8-10(2)4-5-15-12)17-14(20)18-7-6-16-13(19)9-18/h4-5,8,11H,3,6-7,9H2,1-2H3,(H,16,19)(H,17,20)/t11-/m1/s1. The van der Waals surface area contributed by atoms with Crippen molar-refractivity contribution in [1.29, 1.82) is 0 Å². The number of piperazine rings is 1. The number of carbonyl (C=O) groups excluding carboxylic acids is 2. The predicted octanol–water partition coefficient (Wildman–Crippen LogP) is 0.983. The summed E-state index contributed by atoms with van der Waals surface area (Å²) in [5, 5.41) is 5.65. The van der Waals surface area contributed by atoms with E-state index in [1.54, 1.807) is 6.20 Å². The van der Waals surface area contributed by atoms with Crippen LogP contribution in [-0.2, 0) is 4.79 Å². The number of carbonyl (C=O) groups is 2. The van der Waals surface area contributed by atoms with Crippen LogP contribution in [0.3, 0.4) is 0 Å². The van der Waals surface area contributed by atoms with E-state index < -0.39 is 0 Å². The molecule has 0 saturated carbocycles. The van der Waals surface area contributed by atoms with Gasteiger partial charge in [0.15, 0.2) is 0 Å². The van der Waals surface area contributed by atoms with Crippen molar-refractivity contribution in [2.45, 2.75) is 26.3 Å². The van der Waals surface area contributed by atoms with Crippen molar-refractivity contribution in [2.75, 3.05) is 19.6 Å². The lowest BCUT2D eigenvalue weighted by atomic mass is 10.1. The van der Waals surface area contributed by atoms with Crippen LogP contribution in [0.25, 0.3) is 0 Å². The molecule has 0 bridgehead atoms. The van der Waals surface area contributed by atoms with Gasteiger partial charge in [-0.2, -0.15) is 0 Å². The number of nitrogens with zero attached hydrogens (tertiary/aromatic N) is 2. The molecule has 0 aliphatic carbocycles. The number of hydrogen-bond acceptors (Lipinski definition) is 3. The van der Waals surface area contributed by atoms with Gasteiger partial charge in [0.05, 0.1) is 11.7 Å². The zero-order valence-electron chi connectivity index (χ0n) is 11.8. The lowest BCUT2D eigenvalue weighted by Crippen LogP contribution is -2.53. The smallest absolute Gasteiger partial charge is 0.318 e. The van der Waals surface area contributed by atoms with Gasteiger partial charge in [-0.05, 0) is 31.0 Å². The number of amides is 3. The Bertz CT molecular complexity index is 504. The summed E-state index contributed by atoms with van der Waals surface area (Å²) in [6, 6.07) is 3.55. The molecule has 1 aromatic heterocycles. The largest absolute Gasteiger partial charge is 0.353 e. The Morgan fingerprint density at radius 2 is 2.40 bits per heavy atom. The molecule has 3 amide bonds. The minimum absolute atomic E-state index is 0.115. The monoisotopic (exact) mass is 276 g/mol. The van der Waals surface area contributed by atoms with Crippen LogP contribution in [0, 0.1) is 6.92 Å². The molecule has 0 unspecified atom stereocenters. The maximum absolute atomic E-state index is 12.2. The first-order chi connectivity index (χ1) is 9.60. The molecule has 2 rings (SSSR count). The molecule has 1 aromatic rings. The number of nitrogens with one attached hydrogen (secondary N) is 2. The van der Waals surface area contributed by atoms with Crippen molar-refractivity contribution in [3.05, 3.63) is 29.6 Å². The number of aromatic nitrogens is 1. The maximum atomic E-state index is 12.2. The quantitative estimate of drug-likeness (QED) is 0.864. The average molecular weight is 276 g/mol. The molecule has 2 heterocycles. The second-order valence-corrected chi connectivity index (χ2v) is 4.94. The normalized spacial score (nSPS) is 16.5. The predicted molar refractivity (Wildman–Crippen MR) is 75.1 cm³/mol. The molecular weight excluding hydrogens is 256 g/mol. The third-order valence-electron chi connectivity index (χ3n) is 3.33. The van der Waals surface area contributed by atoms with Crippen molar-refractivity contribution in [3.8, 4) is 0 Å². The fraction of sp³-hybridized carbons (Fsp3) is 0.500. The highest BCUT2D eigenvalue weighted by molar-refractivity contribution is 5.85. The van der Waals surface area contributed by atoms with Crippen LogP contribution in [-0.4, -0.2) is 41.5 Å². The number of pyridine rings is 1. The van der Waals surface area contributed by atoms with Crippen LogP contribution >= 0.6 is 0 Å².